The zero-order chi connectivity index (χ0) is 9.68. The predicted molar refractivity (Wildman–Crippen MR) is 49.4 cm³/mol. The van der Waals surface area contributed by atoms with Crippen LogP contribution < -0.4 is 0 Å². The highest BCUT2D eigenvalue weighted by molar-refractivity contribution is 7.07. The second-order valence-electron chi connectivity index (χ2n) is 2.67. The van der Waals surface area contributed by atoms with E-state index in [0.29, 0.717) is 0 Å². The highest BCUT2D eigenvalue weighted by Gasteiger charge is 2.06. The number of carbonyl (C=O) groups excluding carboxylic acids is 2. The summed E-state index contributed by atoms with van der Waals surface area (Å²) in [5.41, 5.74) is 0.960. The van der Waals surface area contributed by atoms with Gasteiger partial charge in [-0.2, -0.15) is 11.3 Å². The van der Waals surface area contributed by atoms with Gasteiger partial charge < -0.3 is 4.74 Å². The summed E-state index contributed by atoms with van der Waals surface area (Å²) < 4.78 is 4.84. The third kappa shape index (κ3) is 3.85. The molecule has 1 aromatic rings. The molecular weight excluding hydrogens is 188 g/mol. The average Bonchev–Trinajstić information content (AvgIpc) is 2.51. The van der Waals surface area contributed by atoms with Crippen LogP contribution in [0.15, 0.2) is 16.8 Å². The second kappa shape index (κ2) is 4.77. The van der Waals surface area contributed by atoms with E-state index in [-0.39, 0.29) is 18.8 Å². The summed E-state index contributed by atoms with van der Waals surface area (Å²) in [6.45, 7) is 1.63. The molecule has 0 amide bonds. The van der Waals surface area contributed by atoms with Gasteiger partial charge in [-0.05, 0) is 23.8 Å². The van der Waals surface area contributed by atoms with E-state index in [1.54, 1.807) is 11.3 Å². The summed E-state index contributed by atoms with van der Waals surface area (Å²) in [5.74, 6) is -0.631. The minimum Gasteiger partial charge on any atom is -0.460 e. The Hall–Kier alpha value is -1.16. The van der Waals surface area contributed by atoms with Gasteiger partial charge in [0.15, 0.2) is 0 Å². The molecule has 70 valence electrons. The lowest BCUT2D eigenvalue weighted by atomic mass is 10.3. The van der Waals surface area contributed by atoms with Crippen molar-refractivity contribution < 1.29 is 14.3 Å². The van der Waals surface area contributed by atoms with Crippen LogP contribution in [0.5, 0.6) is 0 Å². The molecule has 1 heterocycles. The van der Waals surface area contributed by atoms with Gasteiger partial charge in [0, 0.05) is 5.56 Å². The molecule has 3 nitrogen and oxygen atoms in total. The second-order valence-corrected chi connectivity index (χ2v) is 3.45. The van der Waals surface area contributed by atoms with Crippen molar-refractivity contribution in [2.75, 3.05) is 0 Å². The Labute approximate surface area is 80.3 Å². The molecule has 0 aliphatic carbocycles. The summed E-state index contributed by atoms with van der Waals surface area (Å²) in [5, 5.41) is 3.81. The highest BCUT2D eigenvalue weighted by Crippen LogP contribution is 2.07. The maximum atomic E-state index is 10.9. The molecule has 0 fully saturated rings. The monoisotopic (exact) mass is 198 g/mol. The number of rotatable bonds is 4. The van der Waals surface area contributed by atoms with Crippen LogP contribution >= 0.6 is 11.3 Å². The van der Waals surface area contributed by atoms with Gasteiger partial charge in [0.05, 0.1) is 0 Å². The molecule has 0 N–H and O–H groups in total. The first-order chi connectivity index (χ1) is 6.18. The normalized spacial score (nSPS) is 9.62. The molecule has 1 rings (SSSR count). The van der Waals surface area contributed by atoms with E-state index in [1.807, 2.05) is 16.8 Å². The molecule has 13 heavy (non-hydrogen) atoms. The van der Waals surface area contributed by atoms with Crippen LogP contribution in [-0.2, 0) is 20.9 Å². The number of ketones is 1. The summed E-state index contributed by atoms with van der Waals surface area (Å²) in [6.07, 6.45) is -0.135. The van der Waals surface area contributed by atoms with Crippen molar-refractivity contribution in [3.05, 3.63) is 22.4 Å². The Morgan fingerprint density at radius 3 is 2.85 bits per heavy atom. The van der Waals surface area contributed by atoms with Crippen LogP contribution in [0.1, 0.15) is 18.9 Å². The van der Waals surface area contributed by atoms with Crippen molar-refractivity contribution in [2.45, 2.75) is 20.0 Å². The Morgan fingerprint density at radius 2 is 2.31 bits per heavy atom. The predicted octanol–water partition coefficient (Wildman–Crippen LogP) is 1.77. The standard InChI is InChI=1S/C9H10O3S/c1-7(10)4-9(11)12-5-8-2-3-13-6-8/h2-3,6H,4-5H2,1H3. The van der Waals surface area contributed by atoms with Crippen LogP contribution in [0.2, 0.25) is 0 Å². The summed E-state index contributed by atoms with van der Waals surface area (Å²) in [7, 11) is 0. The van der Waals surface area contributed by atoms with E-state index in [2.05, 4.69) is 0 Å². The summed E-state index contributed by atoms with van der Waals surface area (Å²) >= 11 is 1.55. The first-order valence-electron chi connectivity index (χ1n) is 3.84. The number of hydrogen-bond donors (Lipinski definition) is 0. The molecule has 0 radical (unpaired) electrons. The quantitative estimate of drug-likeness (QED) is 0.547. The van der Waals surface area contributed by atoms with Crippen LogP contribution in [0, 0.1) is 0 Å². The van der Waals surface area contributed by atoms with Crippen molar-refractivity contribution in [3.63, 3.8) is 0 Å². The van der Waals surface area contributed by atoms with Gasteiger partial charge in [-0.25, -0.2) is 0 Å². The summed E-state index contributed by atoms with van der Waals surface area (Å²) in [4.78, 5) is 21.4. The van der Waals surface area contributed by atoms with Crippen molar-refractivity contribution >= 4 is 23.1 Å². The van der Waals surface area contributed by atoms with Crippen LogP contribution in [0.4, 0.5) is 0 Å². The van der Waals surface area contributed by atoms with Gasteiger partial charge in [-0.1, -0.05) is 0 Å². The molecule has 0 bridgehead atoms. The number of hydrogen-bond acceptors (Lipinski definition) is 4. The van der Waals surface area contributed by atoms with Gasteiger partial charge in [0.1, 0.15) is 18.8 Å². The van der Waals surface area contributed by atoms with Crippen molar-refractivity contribution in [3.8, 4) is 0 Å². The average molecular weight is 198 g/mol. The third-order valence-electron chi connectivity index (χ3n) is 1.37. The maximum absolute atomic E-state index is 10.9. The van der Waals surface area contributed by atoms with Gasteiger partial charge >= 0.3 is 5.97 Å². The van der Waals surface area contributed by atoms with E-state index in [9.17, 15) is 9.59 Å². The smallest absolute Gasteiger partial charge is 0.313 e. The number of thiophene rings is 1. The van der Waals surface area contributed by atoms with Crippen molar-refractivity contribution in [1.29, 1.82) is 0 Å². The summed E-state index contributed by atoms with van der Waals surface area (Å²) in [6, 6.07) is 1.88. The van der Waals surface area contributed by atoms with E-state index >= 15 is 0 Å². The fraction of sp³-hybridized carbons (Fsp3) is 0.333. The van der Waals surface area contributed by atoms with Crippen LogP contribution in [-0.4, -0.2) is 11.8 Å². The van der Waals surface area contributed by atoms with Gasteiger partial charge in [-0.3, -0.25) is 9.59 Å². The van der Waals surface area contributed by atoms with Gasteiger partial charge in [0.2, 0.25) is 0 Å². The largest absolute Gasteiger partial charge is 0.460 e. The lowest BCUT2D eigenvalue weighted by Gasteiger charge is -2.00. The van der Waals surface area contributed by atoms with E-state index in [1.165, 1.54) is 6.92 Å². The maximum Gasteiger partial charge on any atom is 0.313 e. The molecule has 4 heteroatoms. The lowest BCUT2D eigenvalue weighted by molar-refractivity contribution is -0.146. The van der Waals surface area contributed by atoms with Crippen molar-refractivity contribution in [2.24, 2.45) is 0 Å². The molecule has 0 saturated heterocycles. The Kier molecular flexibility index (Phi) is 3.64. The minimum atomic E-state index is -0.460. The van der Waals surface area contributed by atoms with Crippen LogP contribution in [0.25, 0.3) is 0 Å². The molecule has 0 aromatic carbocycles. The Balaban J connectivity index is 2.27. The topological polar surface area (TPSA) is 43.4 Å². The Bertz CT molecular complexity index is 290. The number of Topliss-reactive ketones (excluding diaryl/α,β-unsaturated/α-hetero) is 1. The number of ether oxygens (including phenoxy) is 1. The zero-order valence-electron chi connectivity index (χ0n) is 7.28. The van der Waals surface area contributed by atoms with E-state index < -0.39 is 5.97 Å². The number of esters is 1. The Morgan fingerprint density at radius 1 is 1.54 bits per heavy atom. The fourth-order valence-electron chi connectivity index (χ4n) is 0.793. The highest BCUT2D eigenvalue weighted by atomic mass is 32.1. The molecule has 1 aromatic heterocycles. The molecule has 0 aliphatic heterocycles. The van der Waals surface area contributed by atoms with E-state index in [4.69, 9.17) is 4.74 Å². The molecule has 0 atom stereocenters. The van der Waals surface area contributed by atoms with Gasteiger partial charge in [-0.15, -0.1) is 0 Å². The lowest BCUT2D eigenvalue weighted by Crippen LogP contribution is -2.08. The molecular formula is C9H10O3S. The van der Waals surface area contributed by atoms with Gasteiger partial charge in [0.25, 0.3) is 0 Å². The van der Waals surface area contributed by atoms with E-state index in [0.717, 1.165) is 5.56 Å². The minimum absolute atomic E-state index is 0.135. The number of carbonyl (C=O) groups is 2. The first kappa shape index (κ1) is 9.92. The molecule has 0 saturated carbocycles. The SMILES string of the molecule is CC(=O)CC(=O)OCc1ccsc1. The molecule has 0 spiro atoms. The fourth-order valence-corrected chi connectivity index (χ4v) is 1.45. The molecule has 0 unspecified atom stereocenters. The first-order valence-corrected chi connectivity index (χ1v) is 4.79. The zero-order valence-corrected chi connectivity index (χ0v) is 8.10. The van der Waals surface area contributed by atoms with Crippen molar-refractivity contribution in [1.82, 2.24) is 0 Å². The molecule has 0 aliphatic rings. The van der Waals surface area contributed by atoms with Crippen LogP contribution in [0.3, 0.4) is 0 Å². The third-order valence-corrected chi connectivity index (χ3v) is 2.11.